The smallest absolute Gasteiger partial charge is 0.348 e. The first-order valence-electron chi connectivity index (χ1n) is 11.2. The van der Waals surface area contributed by atoms with E-state index in [1.807, 2.05) is 30.3 Å². The van der Waals surface area contributed by atoms with Crippen LogP contribution < -0.4 is 11.2 Å². The normalized spacial score (nSPS) is 12.5. The number of nitrogens with zero attached hydrogens (tertiary/aromatic N) is 2. The number of methoxy groups -OCH3 is 1. The van der Waals surface area contributed by atoms with Crippen LogP contribution in [-0.4, -0.2) is 40.4 Å². The van der Waals surface area contributed by atoms with E-state index in [4.69, 9.17) is 14.2 Å². The maximum atomic E-state index is 13.6. The van der Waals surface area contributed by atoms with Crippen molar-refractivity contribution in [1.29, 1.82) is 0 Å². The number of esters is 2. The van der Waals surface area contributed by atoms with Gasteiger partial charge in [-0.2, -0.15) is 0 Å². The van der Waals surface area contributed by atoms with Crippen molar-refractivity contribution >= 4 is 33.5 Å². The van der Waals surface area contributed by atoms with E-state index in [1.165, 1.54) is 11.7 Å². The minimum Gasteiger partial charge on any atom is -0.462 e. The maximum Gasteiger partial charge on any atom is 0.348 e. The summed E-state index contributed by atoms with van der Waals surface area (Å²) in [4.78, 5) is 52.6. The molecule has 188 valence electrons. The van der Waals surface area contributed by atoms with E-state index in [2.05, 4.69) is 0 Å². The summed E-state index contributed by atoms with van der Waals surface area (Å²) in [6.07, 6.45) is -0.516. The Bertz CT molecular complexity index is 1350. The molecule has 0 amide bonds. The fourth-order valence-electron chi connectivity index (χ4n) is 3.74. The highest BCUT2D eigenvalue weighted by Crippen LogP contribution is 2.30. The molecule has 2 aromatic heterocycles. The maximum absolute atomic E-state index is 13.6. The first-order chi connectivity index (χ1) is 16.5. The molecule has 1 aromatic carbocycles. The molecular weight excluding hydrogens is 472 g/mol. The summed E-state index contributed by atoms with van der Waals surface area (Å²) < 4.78 is 18.4. The first-order valence-corrected chi connectivity index (χ1v) is 12.0. The van der Waals surface area contributed by atoms with Gasteiger partial charge in [-0.05, 0) is 45.7 Å². The molecule has 2 heterocycles. The minimum atomic E-state index is -0.784. The molecule has 0 radical (unpaired) electrons. The van der Waals surface area contributed by atoms with Gasteiger partial charge in [0.05, 0.1) is 18.5 Å². The molecule has 3 aromatic rings. The number of carbonyl (C=O) groups excluding carboxylic acids is 2. The topological polar surface area (TPSA) is 106 Å². The van der Waals surface area contributed by atoms with Crippen LogP contribution in [0.5, 0.6) is 0 Å². The van der Waals surface area contributed by atoms with Gasteiger partial charge in [-0.3, -0.25) is 14.2 Å². The number of benzene rings is 1. The molecule has 0 aliphatic heterocycles. The summed E-state index contributed by atoms with van der Waals surface area (Å²) in [5, 5.41) is 0.184. The second-order valence-electron chi connectivity index (χ2n) is 8.96. The first kappa shape index (κ1) is 26.4. The lowest BCUT2D eigenvalue weighted by Gasteiger charge is -2.21. The van der Waals surface area contributed by atoms with Gasteiger partial charge in [0.25, 0.3) is 5.56 Å². The molecule has 0 spiro atoms. The number of thiophene rings is 1. The molecule has 3 rings (SSSR count). The van der Waals surface area contributed by atoms with Gasteiger partial charge in [0.2, 0.25) is 0 Å². The third-order valence-corrected chi connectivity index (χ3v) is 6.56. The highest BCUT2D eigenvalue weighted by molar-refractivity contribution is 7.20. The standard InChI is InChI=1S/C25H30N2O7S/c1-7-33-23(30)20-15(2)19-21(29)26(14-18(28)34-25(3,4)5)24(31)27(22(19)35-20)13-17(32-6)16-11-9-8-10-12-16/h8-12,17H,7,13-14H2,1-6H3. The van der Waals surface area contributed by atoms with E-state index in [-0.39, 0.29) is 23.4 Å². The predicted molar refractivity (Wildman–Crippen MR) is 133 cm³/mol. The summed E-state index contributed by atoms with van der Waals surface area (Å²) >= 11 is 1.02. The molecule has 0 bridgehead atoms. The van der Waals surface area contributed by atoms with Gasteiger partial charge in [0.1, 0.15) is 28.0 Å². The van der Waals surface area contributed by atoms with E-state index >= 15 is 0 Å². The Hall–Kier alpha value is -3.24. The van der Waals surface area contributed by atoms with E-state index < -0.39 is 41.4 Å². The van der Waals surface area contributed by atoms with Crippen molar-refractivity contribution in [2.75, 3.05) is 13.7 Å². The average molecular weight is 503 g/mol. The molecule has 0 aliphatic carbocycles. The van der Waals surface area contributed by atoms with E-state index in [0.717, 1.165) is 21.5 Å². The van der Waals surface area contributed by atoms with Crippen LogP contribution in [0.25, 0.3) is 10.2 Å². The van der Waals surface area contributed by atoms with Crippen LogP contribution in [0, 0.1) is 6.92 Å². The molecule has 35 heavy (non-hydrogen) atoms. The summed E-state index contributed by atoms with van der Waals surface area (Å²) in [5.74, 6) is -1.29. The summed E-state index contributed by atoms with van der Waals surface area (Å²) in [6.45, 7) is 8.09. The Kier molecular flexibility index (Phi) is 7.97. The van der Waals surface area contributed by atoms with Crippen molar-refractivity contribution in [3.05, 3.63) is 67.2 Å². The summed E-state index contributed by atoms with van der Waals surface area (Å²) in [5.41, 5.74) is -0.908. The predicted octanol–water partition coefficient (Wildman–Crippen LogP) is 3.44. The van der Waals surface area contributed by atoms with Crippen molar-refractivity contribution in [2.45, 2.75) is 59.4 Å². The van der Waals surface area contributed by atoms with Crippen molar-refractivity contribution in [1.82, 2.24) is 9.13 Å². The number of hydrogen-bond acceptors (Lipinski definition) is 8. The van der Waals surface area contributed by atoms with Gasteiger partial charge in [-0.15, -0.1) is 11.3 Å². The summed E-state index contributed by atoms with van der Waals surface area (Å²) in [7, 11) is 1.53. The molecule has 0 saturated heterocycles. The van der Waals surface area contributed by atoms with Gasteiger partial charge in [0, 0.05) is 7.11 Å². The fourth-order valence-corrected chi connectivity index (χ4v) is 4.93. The molecule has 10 heteroatoms. The van der Waals surface area contributed by atoms with Crippen LogP contribution in [0.15, 0.2) is 39.9 Å². The number of hydrogen-bond donors (Lipinski definition) is 0. The lowest BCUT2D eigenvalue weighted by molar-refractivity contribution is -0.155. The van der Waals surface area contributed by atoms with Crippen molar-refractivity contribution in [3.8, 4) is 0 Å². The average Bonchev–Trinajstić information content (AvgIpc) is 3.13. The van der Waals surface area contributed by atoms with Gasteiger partial charge < -0.3 is 14.2 Å². The largest absolute Gasteiger partial charge is 0.462 e. The molecule has 0 N–H and O–H groups in total. The van der Waals surface area contributed by atoms with Crippen LogP contribution in [0.2, 0.25) is 0 Å². The number of aromatic nitrogens is 2. The molecule has 0 fully saturated rings. The molecule has 0 saturated carbocycles. The molecular formula is C25H30N2O7S. The van der Waals surface area contributed by atoms with Gasteiger partial charge in [0.15, 0.2) is 0 Å². The van der Waals surface area contributed by atoms with Crippen LogP contribution in [-0.2, 0) is 32.1 Å². The number of ether oxygens (including phenoxy) is 3. The van der Waals surface area contributed by atoms with Gasteiger partial charge in [-0.25, -0.2) is 14.2 Å². The monoisotopic (exact) mass is 502 g/mol. The second kappa shape index (κ2) is 10.6. The number of rotatable bonds is 8. The van der Waals surface area contributed by atoms with Gasteiger partial charge >= 0.3 is 17.6 Å². The molecule has 0 aliphatic rings. The highest BCUT2D eigenvalue weighted by Gasteiger charge is 2.27. The third-order valence-electron chi connectivity index (χ3n) is 5.27. The molecule has 9 nitrogen and oxygen atoms in total. The quantitative estimate of drug-likeness (QED) is 0.435. The van der Waals surface area contributed by atoms with Crippen LogP contribution in [0.4, 0.5) is 0 Å². The fraction of sp³-hybridized carbons (Fsp3) is 0.440. The van der Waals surface area contributed by atoms with Crippen LogP contribution >= 0.6 is 11.3 Å². The minimum absolute atomic E-state index is 0.0622. The Morgan fingerprint density at radius 3 is 2.31 bits per heavy atom. The Balaban J connectivity index is 2.24. The van der Waals surface area contributed by atoms with E-state index in [0.29, 0.717) is 10.4 Å². The highest BCUT2D eigenvalue weighted by atomic mass is 32.1. The van der Waals surface area contributed by atoms with Crippen molar-refractivity contribution < 1.29 is 23.8 Å². The van der Waals surface area contributed by atoms with E-state index in [1.54, 1.807) is 34.6 Å². The zero-order valence-corrected chi connectivity index (χ0v) is 21.6. The second-order valence-corrected chi connectivity index (χ2v) is 9.96. The summed E-state index contributed by atoms with van der Waals surface area (Å²) in [6, 6.07) is 9.33. The number of aryl methyl sites for hydroxylation is 1. The zero-order valence-electron chi connectivity index (χ0n) is 20.7. The van der Waals surface area contributed by atoms with Crippen molar-refractivity contribution in [3.63, 3.8) is 0 Å². The van der Waals surface area contributed by atoms with Crippen LogP contribution in [0.3, 0.4) is 0 Å². The Labute approximate surface area is 206 Å². The Morgan fingerprint density at radius 2 is 1.74 bits per heavy atom. The third kappa shape index (κ3) is 5.71. The molecule has 1 atom stereocenters. The van der Waals surface area contributed by atoms with Gasteiger partial charge in [-0.1, -0.05) is 30.3 Å². The molecule has 1 unspecified atom stereocenters. The lowest BCUT2D eigenvalue weighted by Crippen LogP contribution is -2.43. The van der Waals surface area contributed by atoms with Crippen LogP contribution in [0.1, 0.15) is 54.6 Å². The van der Waals surface area contributed by atoms with E-state index in [9.17, 15) is 19.2 Å². The number of fused-ring (bicyclic) bond motifs is 1. The lowest BCUT2D eigenvalue weighted by atomic mass is 10.1. The van der Waals surface area contributed by atoms with Crippen molar-refractivity contribution in [2.24, 2.45) is 0 Å². The zero-order chi connectivity index (χ0) is 25.9. The number of carbonyl (C=O) groups is 2. The SMILES string of the molecule is CCOC(=O)c1sc2c(c1C)c(=O)n(CC(=O)OC(C)(C)C)c(=O)n2CC(OC)c1ccccc1. The Morgan fingerprint density at radius 1 is 1.09 bits per heavy atom.